The van der Waals surface area contributed by atoms with E-state index in [1.54, 1.807) is 19.2 Å². The van der Waals surface area contributed by atoms with Crippen molar-refractivity contribution in [3.8, 4) is 0 Å². The second-order valence-corrected chi connectivity index (χ2v) is 6.27. The third-order valence-electron chi connectivity index (χ3n) is 2.69. The molecule has 0 fully saturated rings. The number of carbonyl (C=O) groups is 1. The molecule has 0 saturated carbocycles. The Bertz CT molecular complexity index is 508. The lowest BCUT2D eigenvalue weighted by atomic mass is 10.1. The molecule has 0 bridgehead atoms. The molecule has 0 radical (unpaired) electrons. The number of H-pyrrole nitrogens is 1. The van der Waals surface area contributed by atoms with Gasteiger partial charge in [-0.05, 0) is 19.4 Å². The quantitative estimate of drug-likeness (QED) is 0.613. The predicted molar refractivity (Wildman–Crippen MR) is 74.6 cm³/mol. The van der Waals surface area contributed by atoms with Crippen molar-refractivity contribution in [1.82, 2.24) is 15.0 Å². The topological polar surface area (TPSA) is 91.1 Å². The van der Waals surface area contributed by atoms with E-state index in [1.807, 2.05) is 6.92 Å². The average molecular weight is 287 g/mol. The zero-order valence-electron chi connectivity index (χ0n) is 11.3. The maximum atomic E-state index is 11.9. The maximum absolute atomic E-state index is 11.9. The van der Waals surface area contributed by atoms with Crippen molar-refractivity contribution in [1.29, 1.82) is 0 Å². The number of carbonyl (C=O) groups excluding carboxylic acids is 1. The SMILES string of the molecule is CCCc1[nH]ccc1C(=O)NCCNS(=O)(=O)CC. The number of hydrogen-bond donors (Lipinski definition) is 3. The zero-order valence-corrected chi connectivity index (χ0v) is 12.1. The first-order valence-corrected chi connectivity index (χ1v) is 8.07. The highest BCUT2D eigenvalue weighted by molar-refractivity contribution is 7.89. The van der Waals surface area contributed by atoms with E-state index in [2.05, 4.69) is 15.0 Å². The van der Waals surface area contributed by atoms with Gasteiger partial charge >= 0.3 is 0 Å². The summed E-state index contributed by atoms with van der Waals surface area (Å²) in [5, 5.41) is 2.69. The maximum Gasteiger partial charge on any atom is 0.253 e. The summed E-state index contributed by atoms with van der Waals surface area (Å²) in [7, 11) is -3.20. The number of sulfonamides is 1. The molecule has 6 nitrogen and oxygen atoms in total. The molecular formula is C12H21N3O3S. The van der Waals surface area contributed by atoms with E-state index in [4.69, 9.17) is 0 Å². The fourth-order valence-corrected chi connectivity index (χ4v) is 2.27. The van der Waals surface area contributed by atoms with Crippen LogP contribution < -0.4 is 10.0 Å². The molecule has 1 amide bonds. The predicted octanol–water partition coefficient (Wildman–Crippen LogP) is 0.636. The summed E-state index contributed by atoms with van der Waals surface area (Å²) >= 11 is 0. The number of aromatic nitrogens is 1. The molecule has 1 rings (SSSR count). The van der Waals surface area contributed by atoms with Gasteiger partial charge in [-0.25, -0.2) is 13.1 Å². The van der Waals surface area contributed by atoms with E-state index in [0.29, 0.717) is 5.56 Å². The third kappa shape index (κ3) is 5.04. The van der Waals surface area contributed by atoms with Crippen LogP contribution in [-0.2, 0) is 16.4 Å². The van der Waals surface area contributed by atoms with Gasteiger partial charge in [-0.15, -0.1) is 0 Å². The Labute approximate surface area is 114 Å². The van der Waals surface area contributed by atoms with Crippen molar-refractivity contribution in [3.63, 3.8) is 0 Å². The van der Waals surface area contributed by atoms with E-state index in [-0.39, 0.29) is 24.7 Å². The van der Waals surface area contributed by atoms with E-state index >= 15 is 0 Å². The normalized spacial score (nSPS) is 11.5. The molecular weight excluding hydrogens is 266 g/mol. The Balaban J connectivity index is 2.41. The summed E-state index contributed by atoms with van der Waals surface area (Å²) in [6.07, 6.45) is 3.51. The number of aromatic amines is 1. The molecule has 7 heteroatoms. The van der Waals surface area contributed by atoms with Gasteiger partial charge in [0.25, 0.3) is 5.91 Å². The van der Waals surface area contributed by atoms with Crippen LogP contribution in [0.3, 0.4) is 0 Å². The fraction of sp³-hybridized carbons (Fsp3) is 0.583. The highest BCUT2D eigenvalue weighted by Gasteiger charge is 2.11. The van der Waals surface area contributed by atoms with Crippen molar-refractivity contribution in [2.24, 2.45) is 0 Å². The molecule has 0 saturated heterocycles. The minimum atomic E-state index is -3.20. The third-order valence-corrected chi connectivity index (χ3v) is 4.09. The van der Waals surface area contributed by atoms with Gasteiger partial charge in [0.05, 0.1) is 11.3 Å². The molecule has 0 aliphatic heterocycles. The van der Waals surface area contributed by atoms with Crippen LogP contribution in [-0.4, -0.2) is 38.2 Å². The van der Waals surface area contributed by atoms with Crippen molar-refractivity contribution in [3.05, 3.63) is 23.5 Å². The largest absolute Gasteiger partial charge is 0.364 e. The second kappa shape index (κ2) is 7.30. The first-order chi connectivity index (χ1) is 9.00. The van der Waals surface area contributed by atoms with Gasteiger partial charge in [0.2, 0.25) is 10.0 Å². The van der Waals surface area contributed by atoms with E-state index in [0.717, 1.165) is 18.5 Å². The van der Waals surface area contributed by atoms with Crippen LogP contribution in [0.4, 0.5) is 0 Å². The molecule has 0 unspecified atom stereocenters. The first kappa shape index (κ1) is 15.7. The standard InChI is InChI=1S/C12H21N3O3S/c1-3-5-11-10(6-7-13-11)12(16)14-8-9-15-19(17,18)4-2/h6-7,13,15H,3-5,8-9H2,1-2H3,(H,14,16). The first-order valence-electron chi connectivity index (χ1n) is 6.42. The Morgan fingerprint density at radius 2 is 2.05 bits per heavy atom. The lowest BCUT2D eigenvalue weighted by Crippen LogP contribution is -2.35. The summed E-state index contributed by atoms with van der Waals surface area (Å²) in [4.78, 5) is 14.9. The summed E-state index contributed by atoms with van der Waals surface area (Å²) in [5.41, 5.74) is 1.54. The van der Waals surface area contributed by atoms with Gasteiger partial charge in [-0.3, -0.25) is 4.79 Å². The number of nitrogens with one attached hydrogen (secondary N) is 3. The molecule has 0 atom stereocenters. The number of aryl methyl sites for hydroxylation is 1. The minimum Gasteiger partial charge on any atom is -0.364 e. The minimum absolute atomic E-state index is 0.0411. The molecule has 3 N–H and O–H groups in total. The number of amides is 1. The Morgan fingerprint density at radius 3 is 2.68 bits per heavy atom. The van der Waals surface area contributed by atoms with Gasteiger partial charge < -0.3 is 10.3 Å². The van der Waals surface area contributed by atoms with E-state index in [1.165, 1.54) is 0 Å². The highest BCUT2D eigenvalue weighted by Crippen LogP contribution is 2.08. The molecule has 0 aliphatic carbocycles. The second-order valence-electron chi connectivity index (χ2n) is 4.17. The van der Waals surface area contributed by atoms with Crippen LogP contribution in [0.5, 0.6) is 0 Å². The highest BCUT2D eigenvalue weighted by atomic mass is 32.2. The summed E-state index contributed by atoms with van der Waals surface area (Å²) < 4.78 is 24.8. The lowest BCUT2D eigenvalue weighted by molar-refractivity contribution is 0.0953. The fourth-order valence-electron chi connectivity index (χ4n) is 1.65. The number of hydrogen-bond acceptors (Lipinski definition) is 3. The summed E-state index contributed by atoms with van der Waals surface area (Å²) in [6, 6.07) is 1.73. The molecule has 1 aromatic rings. The van der Waals surface area contributed by atoms with E-state index < -0.39 is 10.0 Å². The summed E-state index contributed by atoms with van der Waals surface area (Å²) in [5.74, 6) is -0.139. The molecule has 1 heterocycles. The molecule has 108 valence electrons. The van der Waals surface area contributed by atoms with Gasteiger partial charge in [0.15, 0.2) is 0 Å². The molecule has 0 aromatic carbocycles. The van der Waals surface area contributed by atoms with Gasteiger partial charge in [0, 0.05) is 25.0 Å². The number of rotatable bonds is 8. The van der Waals surface area contributed by atoms with Crippen molar-refractivity contribution >= 4 is 15.9 Å². The molecule has 19 heavy (non-hydrogen) atoms. The molecule has 0 spiro atoms. The monoisotopic (exact) mass is 287 g/mol. The van der Waals surface area contributed by atoms with Crippen molar-refractivity contribution < 1.29 is 13.2 Å². The Hall–Kier alpha value is -1.34. The molecule has 0 aliphatic rings. The van der Waals surface area contributed by atoms with Crippen LogP contribution in [0.1, 0.15) is 36.3 Å². The van der Waals surface area contributed by atoms with Crippen molar-refractivity contribution in [2.75, 3.05) is 18.8 Å². The average Bonchev–Trinajstić information content (AvgIpc) is 2.83. The van der Waals surface area contributed by atoms with Crippen LogP contribution in [0.15, 0.2) is 12.3 Å². The summed E-state index contributed by atoms with van der Waals surface area (Å²) in [6.45, 7) is 4.09. The van der Waals surface area contributed by atoms with Crippen LogP contribution in [0, 0.1) is 0 Å². The van der Waals surface area contributed by atoms with Crippen LogP contribution >= 0.6 is 0 Å². The van der Waals surface area contributed by atoms with Crippen LogP contribution in [0.25, 0.3) is 0 Å². The smallest absolute Gasteiger partial charge is 0.253 e. The molecule has 1 aromatic heterocycles. The lowest BCUT2D eigenvalue weighted by Gasteiger charge is -2.07. The Morgan fingerprint density at radius 1 is 1.32 bits per heavy atom. The van der Waals surface area contributed by atoms with Gasteiger partial charge in [-0.2, -0.15) is 0 Å². The van der Waals surface area contributed by atoms with Crippen LogP contribution in [0.2, 0.25) is 0 Å². The van der Waals surface area contributed by atoms with E-state index in [9.17, 15) is 13.2 Å². The van der Waals surface area contributed by atoms with Gasteiger partial charge in [-0.1, -0.05) is 13.3 Å². The van der Waals surface area contributed by atoms with Gasteiger partial charge in [0.1, 0.15) is 0 Å². The van der Waals surface area contributed by atoms with Crippen molar-refractivity contribution in [2.45, 2.75) is 26.7 Å². The zero-order chi connectivity index (χ0) is 14.3. The Kier molecular flexibility index (Phi) is 6.04.